The molecule has 26 heavy (non-hydrogen) atoms. The van der Waals surface area contributed by atoms with Crippen molar-refractivity contribution < 1.29 is 9.59 Å². The van der Waals surface area contributed by atoms with Gasteiger partial charge in [-0.25, -0.2) is 4.98 Å². The standard InChI is InChI=1S/C18H24N4O3S/c1-4-10-19-16(24)12(3)20-15(23)11-26-18-21-14-9-7-6-8-13(14)17(25)22(18)5-2/h6-9,12H,4-5,10-11H2,1-3H3,(H,19,24)(H,20,23)/t12-/m0/s1. The number of benzene rings is 1. The smallest absolute Gasteiger partial charge is 0.262 e. The lowest BCUT2D eigenvalue weighted by Gasteiger charge is -2.14. The number of rotatable bonds is 8. The van der Waals surface area contributed by atoms with E-state index in [0.717, 1.165) is 6.42 Å². The highest BCUT2D eigenvalue weighted by Crippen LogP contribution is 2.17. The third-order valence-corrected chi connectivity index (χ3v) is 4.77. The van der Waals surface area contributed by atoms with Crippen molar-refractivity contribution in [1.82, 2.24) is 20.2 Å². The van der Waals surface area contributed by atoms with Gasteiger partial charge in [0.05, 0.1) is 16.7 Å². The summed E-state index contributed by atoms with van der Waals surface area (Å²) < 4.78 is 1.55. The Morgan fingerprint density at radius 1 is 1.27 bits per heavy atom. The second-order valence-corrected chi connectivity index (χ2v) is 6.77. The van der Waals surface area contributed by atoms with Crippen LogP contribution in [-0.4, -0.2) is 39.7 Å². The molecule has 0 saturated heterocycles. The van der Waals surface area contributed by atoms with Crippen molar-refractivity contribution in [1.29, 1.82) is 0 Å². The number of aromatic nitrogens is 2. The van der Waals surface area contributed by atoms with Crippen LogP contribution in [0.25, 0.3) is 10.9 Å². The summed E-state index contributed by atoms with van der Waals surface area (Å²) in [5, 5.41) is 6.45. The summed E-state index contributed by atoms with van der Waals surface area (Å²) in [7, 11) is 0. The molecular formula is C18H24N4O3S. The number of hydrogen-bond donors (Lipinski definition) is 2. The predicted octanol–water partition coefficient (Wildman–Crippen LogP) is 1.54. The van der Waals surface area contributed by atoms with E-state index in [1.165, 1.54) is 11.8 Å². The fourth-order valence-corrected chi connectivity index (χ4v) is 3.29. The second-order valence-electron chi connectivity index (χ2n) is 5.83. The summed E-state index contributed by atoms with van der Waals surface area (Å²) in [6.07, 6.45) is 0.838. The molecule has 140 valence electrons. The van der Waals surface area contributed by atoms with E-state index in [2.05, 4.69) is 15.6 Å². The lowest BCUT2D eigenvalue weighted by molar-refractivity contribution is -0.127. The van der Waals surface area contributed by atoms with E-state index in [9.17, 15) is 14.4 Å². The molecule has 1 heterocycles. The molecule has 2 aromatic rings. The molecule has 0 fully saturated rings. The molecule has 0 bridgehead atoms. The van der Waals surface area contributed by atoms with Gasteiger partial charge in [0, 0.05) is 13.1 Å². The summed E-state index contributed by atoms with van der Waals surface area (Å²) in [5.74, 6) is -0.408. The van der Waals surface area contributed by atoms with Crippen molar-refractivity contribution in [2.24, 2.45) is 0 Å². The van der Waals surface area contributed by atoms with Crippen LogP contribution >= 0.6 is 11.8 Å². The summed E-state index contributed by atoms with van der Waals surface area (Å²) in [6.45, 7) is 6.52. The van der Waals surface area contributed by atoms with Crippen LogP contribution in [0.3, 0.4) is 0 Å². The Balaban J connectivity index is 2.06. The highest BCUT2D eigenvalue weighted by atomic mass is 32.2. The van der Waals surface area contributed by atoms with E-state index in [4.69, 9.17) is 0 Å². The van der Waals surface area contributed by atoms with Crippen molar-refractivity contribution in [2.45, 2.75) is 44.9 Å². The molecule has 2 N–H and O–H groups in total. The molecule has 0 aliphatic heterocycles. The van der Waals surface area contributed by atoms with Crippen LogP contribution in [0.4, 0.5) is 0 Å². The Hall–Kier alpha value is -2.35. The zero-order valence-corrected chi connectivity index (χ0v) is 16.1. The van der Waals surface area contributed by atoms with Gasteiger partial charge in [0.1, 0.15) is 6.04 Å². The third-order valence-electron chi connectivity index (χ3n) is 3.80. The molecule has 7 nitrogen and oxygen atoms in total. The zero-order chi connectivity index (χ0) is 19.1. The Morgan fingerprint density at radius 3 is 2.69 bits per heavy atom. The SMILES string of the molecule is CCCNC(=O)[C@H](C)NC(=O)CSc1nc2ccccc2c(=O)n1CC. The van der Waals surface area contributed by atoms with E-state index in [-0.39, 0.29) is 23.1 Å². The van der Waals surface area contributed by atoms with Crippen LogP contribution in [0.2, 0.25) is 0 Å². The molecule has 1 atom stereocenters. The van der Waals surface area contributed by atoms with E-state index in [1.54, 1.807) is 29.7 Å². The first-order chi connectivity index (χ1) is 12.5. The van der Waals surface area contributed by atoms with Gasteiger partial charge in [-0.3, -0.25) is 19.0 Å². The number of para-hydroxylation sites is 1. The molecule has 1 aromatic carbocycles. The molecule has 1 aromatic heterocycles. The maximum atomic E-state index is 12.5. The van der Waals surface area contributed by atoms with Crippen LogP contribution in [-0.2, 0) is 16.1 Å². The summed E-state index contributed by atoms with van der Waals surface area (Å²) in [6, 6.07) is 6.54. The number of hydrogen-bond acceptors (Lipinski definition) is 5. The summed E-state index contributed by atoms with van der Waals surface area (Å²) >= 11 is 1.19. The van der Waals surface area contributed by atoms with Gasteiger partial charge in [0.25, 0.3) is 5.56 Å². The third kappa shape index (κ3) is 4.85. The minimum atomic E-state index is -0.604. The van der Waals surface area contributed by atoms with Gasteiger partial charge in [0.15, 0.2) is 5.16 Å². The van der Waals surface area contributed by atoms with Crippen LogP contribution in [0.5, 0.6) is 0 Å². The molecule has 0 aliphatic rings. The van der Waals surface area contributed by atoms with Gasteiger partial charge >= 0.3 is 0 Å². The average Bonchev–Trinajstić information content (AvgIpc) is 2.64. The summed E-state index contributed by atoms with van der Waals surface area (Å²) in [4.78, 5) is 41.0. The number of fused-ring (bicyclic) bond motifs is 1. The number of nitrogens with one attached hydrogen (secondary N) is 2. The monoisotopic (exact) mass is 376 g/mol. The molecule has 0 aliphatic carbocycles. The first-order valence-electron chi connectivity index (χ1n) is 8.67. The van der Waals surface area contributed by atoms with Crippen LogP contribution in [0.1, 0.15) is 27.2 Å². The van der Waals surface area contributed by atoms with E-state index < -0.39 is 6.04 Å². The van der Waals surface area contributed by atoms with Gasteiger partial charge in [-0.05, 0) is 32.4 Å². The Bertz CT molecular complexity index is 850. The quantitative estimate of drug-likeness (QED) is 0.538. The molecular weight excluding hydrogens is 352 g/mol. The van der Waals surface area contributed by atoms with Gasteiger partial charge in [-0.15, -0.1) is 0 Å². The first kappa shape index (κ1) is 20.0. The lowest BCUT2D eigenvalue weighted by Crippen LogP contribution is -2.45. The summed E-state index contributed by atoms with van der Waals surface area (Å²) in [5.41, 5.74) is 0.491. The molecule has 0 unspecified atom stereocenters. The average molecular weight is 376 g/mol. The topological polar surface area (TPSA) is 93.1 Å². The molecule has 0 radical (unpaired) electrons. The van der Waals surface area contributed by atoms with Crippen molar-refractivity contribution in [3.8, 4) is 0 Å². The van der Waals surface area contributed by atoms with Crippen LogP contribution in [0, 0.1) is 0 Å². The number of thioether (sulfide) groups is 1. The number of amides is 2. The fraction of sp³-hybridized carbons (Fsp3) is 0.444. The Kier molecular flexibility index (Phi) is 7.20. The van der Waals surface area contributed by atoms with E-state index in [1.807, 2.05) is 19.9 Å². The van der Waals surface area contributed by atoms with Crippen molar-refractivity contribution >= 4 is 34.5 Å². The van der Waals surface area contributed by atoms with Gasteiger partial charge < -0.3 is 10.6 Å². The lowest BCUT2D eigenvalue weighted by atomic mass is 10.2. The Morgan fingerprint density at radius 2 is 2.00 bits per heavy atom. The van der Waals surface area contributed by atoms with Crippen LogP contribution in [0.15, 0.2) is 34.2 Å². The predicted molar refractivity (Wildman–Crippen MR) is 103 cm³/mol. The maximum absolute atomic E-state index is 12.5. The van der Waals surface area contributed by atoms with Gasteiger partial charge in [-0.2, -0.15) is 0 Å². The maximum Gasteiger partial charge on any atom is 0.262 e. The van der Waals surface area contributed by atoms with E-state index in [0.29, 0.717) is 29.1 Å². The minimum Gasteiger partial charge on any atom is -0.354 e. The molecule has 0 saturated carbocycles. The highest BCUT2D eigenvalue weighted by molar-refractivity contribution is 7.99. The molecule has 8 heteroatoms. The van der Waals surface area contributed by atoms with Crippen molar-refractivity contribution in [2.75, 3.05) is 12.3 Å². The second kappa shape index (κ2) is 9.38. The normalized spacial score (nSPS) is 12.0. The highest BCUT2D eigenvalue weighted by Gasteiger charge is 2.16. The van der Waals surface area contributed by atoms with E-state index >= 15 is 0 Å². The first-order valence-corrected chi connectivity index (χ1v) is 9.65. The number of nitrogens with zero attached hydrogens (tertiary/aromatic N) is 2. The molecule has 0 spiro atoms. The van der Waals surface area contributed by atoms with Crippen molar-refractivity contribution in [3.63, 3.8) is 0 Å². The fourth-order valence-electron chi connectivity index (χ4n) is 2.42. The van der Waals surface area contributed by atoms with Crippen LogP contribution < -0.4 is 16.2 Å². The van der Waals surface area contributed by atoms with Gasteiger partial charge in [-0.1, -0.05) is 30.8 Å². The van der Waals surface area contributed by atoms with Crippen molar-refractivity contribution in [3.05, 3.63) is 34.6 Å². The molecule has 2 amide bonds. The number of carbonyl (C=O) groups excluding carboxylic acids is 2. The minimum absolute atomic E-state index is 0.0795. The molecule has 2 rings (SSSR count). The van der Waals surface area contributed by atoms with Gasteiger partial charge in [0.2, 0.25) is 11.8 Å². The zero-order valence-electron chi connectivity index (χ0n) is 15.2. The number of carbonyl (C=O) groups is 2. The largest absolute Gasteiger partial charge is 0.354 e. The Labute approximate surface area is 156 Å².